The Hall–Kier alpha value is -2.86. The number of para-hydroxylation sites is 1. The molecule has 0 unspecified atom stereocenters. The Bertz CT molecular complexity index is 888. The van der Waals surface area contributed by atoms with Crippen LogP contribution >= 0.6 is 0 Å². The van der Waals surface area contributed by atoms with E-state index < -0.39 is 11.8 Å². The number of ether oxygens (including phenoxy) is 2. The molecule has 1 aliphatic rings. The van der Waals surface area contributed by atoms with Crippen molar-refractivity contribution < 1.29 is 19.1 Å². The van der Waals surface area contributed by atoms with Gasteiger partial charge in [0, 0.05) is 36.4 Å². The Kier molecular flexibility index (Phi) is 6.54. The zero-order valence-corrected chi connectivity index (χ0v) is 17.2. The molecule has 1 heterocycles. The smallest absolute Gasteiger partial charge is 0.313 e. The number of carbonyl (C=O) groups is 2. The van der Waals surface area contributed by atoms with E-state index >= 15 is 0 Å². The predicted molar refractivity (Wildman–Crippen MR) is 112 cm³/mol. The lowest BCUT2D eigenvalue weighted by Gasteiger charge is -2.38. The van der Waals surface area contributed by atoms with E-state index in [0.717, 1.165) is 35.3 Å². The zero-order chi connectivity index (χ0) is 20.9. The third kappa shape index (κ3) is 4.77. The molecule has 154 valence electrons. The Balaban J connectivity index is 1.73. The molecule has 2 amide bonds. The van der Waals surface area contributed by atoms with Gasteiger partial charge in [-0.15, -0.1) is 0 Å². The summed E-state index contributed by atoms with van der Waals surface area (Å²) in [6.45, 7) is 5.38. The normalized spacial score (nSPS) is 15.4. The number of aryl methyl sites for hydroxylation is 2. The third-order valence-electron chi connectivity index (χ3n) is 5.56. The van der Waals surface area contributed by atoms with Gasteiger partial charge in [0.25, 0.3) is 0 Å². The SMILES string of the molecule is COc1ccccc1C1(CNC(=O)C(=O)Nc2cc(C)ccc2C)CCOCC1. The number of carbonyl (C=O) groups excluding carboxylic acids is 2. The molecule has 0 aromatic heterocycles. The van der Waals surface area contributed by atoms with E-state index in [-0.39, 0.29) is 5.41 Å². The van der Waals surface area contributed by atoms with Crippen molar-refractivity contribution in [2.45, 2.75) is 32.1 Å². The minimum Gasteiger partial charge on any atom is -0.496 e. The fourth-order valence-electron chi connectivity index (χ4n) is 3.77. The fraction of sp³-hybridized carbons (Fsp3) is 0.391. The summed E-state index contributed by atoms with van der Waals surface area (Å²) in [4.78, 5) is 25.0. The molecular weight excluding hydrogens is 368 g/mol. The van der Waals surface area contributed by atoms with E-state index in [4.69, 9.17) is 9.47 Å². The van der Waals surface area contributed by atoms with Crippen LogP contribution in [0.3, 0.4) is 0 Å². The highest BCUT2D eigenvalue weighted by molar-refractivity contribution is 6.39. The number of rotatable bonds is 5. The average molecular weight is 396 g/mol. The van der Waals surface area contributed by atoms with Crippen LogP contribution in [0.25, 0.3) is 0 Å². The van der Waals surface area contributed by atoms with Gasteiger partial charge in [0.2, 0.25) is 0 Å². The van der Waals surface area contributed by atoms with Gasteiger partial charge in [0.15, 0.2) is 0 Å². The Morgan fingerprint density at radius 2 is 1.79 bits per heavy atom. The second-order valence-electron chi connectivity index (χ2n) is 7.55. The lowest BCUT2D eigenvalue weighted by molar-refractivity contribution is -0.136. The summed E-state index contributed by atoms with van der Waals surface area (Å²) in [5.41, 5.74) is 3.27. The molecule has 0 saturated carbocycles. The third-order valence-corrected chi connectivity index (χ3v) is 5.56. The number of nitrogens with one attached hydrogen (secondary N) is 2. The van der Waals surface area contributed by atoms with Crippen molar-refractivity contribution in [3.63, 3.8) is 0 Å². The van der Waals surface area contributed by atoms with Gasteiger partial charge in [-0.3, -0.25) is 9.59 Å². The highest BCUT2D eigenvalue weighted by atomic mass is 16.5. The summed E-state index contributed by atoms with van der Waals surface area (Å²) in [7, 11) is 1.64. The molecule has 1 aliphatic heterocycles. The molecule has 6 heteroatoms. The topological polar surface area (TPSA) is 76.7 Å². The maximum absolute atomic E-state index is 12.5. The number of methoxy groups -OCH3 is 1. The summed E-state index contributed by atoms with van der Waals surface area (Å²) in [5, 5.41) is 5.55. The molecule has 2 aromatic rings. The zero-order valence-electron chi connectivity index (χ0n) is 17.2. The summed E-state index contributed by atoms with van der Waals surface area (Å²) >= 11 is 0. The molecule has 0 atom stereocenters. The van der Waals surface area contributed by atoms with Gasteiger partial charge >= 0.3 is 11.8 Å². The minimum atomic E-state index is -0.666. The van der Waals surface area contributed by atoms with Gasteiger partial charge in [-0.2, -0.15) is 0 Å². The molecule has 0 aliphatic carbocycles. The van der Waals surface area contributed by atoms with Crippen LogP contribution in [0, 0.1) is 13.8 Å². The number of amides is 2. The lowest BCUT2D eigenvalue weighted by Crippen LogP contribution is -2.47. The molecular formula is C23H28N2O4. The quantitative estimate of drug-likeness (QED) is 0.762. The monoisotopic (exact) mass is 396 g/mol. The summed E-state index contributed by atoms with van der Waals surface area (Å²) in [5.74, 6) is -0.531. The first-order chi connectivity index (χ1) is 13.9. The summed E-state index contributed by atoms with van der Waals surface area (Å²) in [6.07, 6.45) is 1.48. The van der Waals surface area contributed by atoms with Crippen LogP contribution in [0.1, 0.15) is 29.5 Å². The van der Waals surface area contributed by atoms with Crippen LogP contribution in [-0.2, 0) is 19.7 Å². The molecule has 6 nitrogen and oxygen atoms in total. The molecule has 0 spiro atoms. The van der Waals surface area contributed by atoms with Gasteiger partial charge in [0.1, 0.15) is 5.75 Å². The van der Waals surface area contributed by atoms with Gasteiger partial charge in [-0.05, 0) is 49.9 Å². The van der Waals surface area contributed by atoms with Crippen LogP contribution in [0.5, 0.6) is 5.75 Å². The van der Waals surface area contributed by atoms with Crippen molar-refractivity contribution >= 4 is 17.5 Å². The first-order valence-corrected chi connectivity index (χ1v) is 9.83. The number of hydrogen-bond donors (Lipinski definition) is 2. The maximum Gasteiger partial charge on any atom is 0.313 e. The van der Waals surface area contributed by atoms with Crippen molar-refractivity contribution in [3.05, 3.63) is 59.2 Å². The van der Waals surface area contributed by atoms with Gasteiger partial charge in [0.05, 0.1) is 7.11 Å². The standard InChI is InChI=1S/C23H28N2O4/c1-16-8-9-17(2)19(14-16)25-22(27)21(26)24-15-23(10-12-29-13-11-23)18-6-4-5-7-20(18)28-3/h4-9,14H,10-13,15H2,1-3H3,(H,24,26)(H,25,27). The highest BCUT2D eigenvalue weighted by Gasteiger charge is 2.37. The Morgan fingerprint density at radius 1 is 1.07 bits per heavy atom. The molecule has 1 saturated heterocycles. The summed E-state index contributed by atoms with van der Waals surface area (Å²) < 4.78 is 11.1. The van der Waals surface area contributed by atoms with Crippen molar-refractivity contribution in [2.24, 2.45) is 0 Å². The molecule has 3 rings (SSSR count). The van der Waals surface area contributed by atoms with Crippen molar-refractivity contribution in [1.82, 2.24) is 5.32 Å². The van der Waals surface area contributed by atoms with Gasteiger partial charge in [-0.1, -0.05) is 30.3 Å². The van der Waals surface area contributed by atoms with E-state index in [1.54, 1.807) is 7.11 Å². The maximum atomic E-state index is 12.5. The van der Waals surface area contributed by atoms with E-state index in [0.29, 0.717) is 25.4 Å². The van der Waals surface area contributed by atoms with Gasteiger partial charge < -0.3 is 20.1 Å². The number of hydrogen-bond acceptors (Lipinski definition) is 4. The lowest BCUT2D eigenvalue weighted by atomic mass is 9.73. The number of benzene rings is 2. The molecule has 29 heavy (non-hydrogen) atoms. The second kappa shape index (κ2) is 9.09. The van der Waals surface area contributed by atoms with E-state index in [1.165, 1.54) is 0 Å². The Morgan fingerprint density at radius 3 is 2.52 bits per heavy atom. The van der Waals surface area contributed by atoms with Crippen LogP contribution < -0.4 is 15.4 Å². The molecule has 2 aromatic carbocycles. The minimum absolute atomic E-state index is 0.333. The van der Waals surface area contributed by atoms with Crippen molar-refractivity contribution in [2.75, 3.05) is 32.2 Å². The van der Waals surface area contributed by atoms with E-state index in [1.807, 2.05) is 56.3 Å². The van der Waals surface area contributed by atoms with Crippen molar-refractivity contribution in [3.8, 4) is 5.75 Å². The van der Waals surface area contributed by atoms with Crippen LogP contribution in [0.4, 0.5) is 5.69 Å². The Labute approximate surface area is 171 Å². The molecule has 1 fully saturated rings. The molecule has 0 bridgehead atoms. The predicted octanol–water partition coefficient (Wildman–Crippen LogP) is 3.12. The van der Waals surface area contributed by atoms with Gasteiger partial charge in [-0.25, -0.2) is 0 Å². The number of anilines is 1. The highest BCUT2D eigenvalue weighted by Crippen LogP contribution is 2.39. The van der Waals surface area contributed by atoms with Crippen LogP contribution in [-0.4, -0.2) is 38.7 Å². The molecule has 2 N–H and O–H groups in total. The second-order valence-corrected chi connectivity index (χ2v) is 7.55. The fourth-order valence-corrected chi connectivity index (χ4v) is 3.77. The van der Waals surface area contributed by atoms with E-state index in [2.05, 4.69) is 10.6 Å². The summed E-state index contributed by atoms with van der Waals surface area (Å²) in [6, 6.07) is 13.6. The first-order valence-electron chi connectivity index (χ1n) is 9.83. The largest absolute Gasteiger partial charge is 0.496 e. The van der Waals surface area contributed by atoms with Crippen LogP contribution in [0.2, 0.25) is 0 Å². The van der Waals surface area contributed by atoms with E-state index in [9.17, 15) is 9.59 Å². The molecule has 0 radical (unpaired) electrons. The average Bonchev–Trinajstić information content (AvgIpc) is 2.75. The van der Waals surface area contributed by atoms with Crippen LogP contribution in [0.15, 0.2) is 42.5 Å². The first kappa shape index (κ1) is 20.9. The van der Waals surface area contributed by atoms with Crippen molar-refractivity contribution in [1.29, 1.82) is 0 Å².